The summed E-state index contributed by atoms with van der Waals surface area (Å²) in [5.41, 5.74) is 0.732. The van der Waals surface area contributed by atoms with Crippen molar-refractivity contribution < 1.29 is 14.7 Å². The largest absolute Gasteiger partial charge is 0.395 e. The summed E-state index contributed by atoms with van der Waals surface area (Å²) in [5, 5.41) is 12.7. The molecule has 3 rings (SSSR count). The highest BCUT2D eigenvalue weighted by atomic mass is 16.3. The first kappa shape index (κ1) is 17.9. The molecule has 0 aliphatic carbocycles. The fourth-order valence-electron chi connectivity index (χ4n) is 4.68. The lowest BCUT2D eigenvalue weighted by atomic mass is 9.75. The molecular weight excluding hydrogens is 318 g/mol. The molecule has 6 nitrogen and oxygen atoms in total. The van der Waals surface area contributed by atoms with Gasteiger partial charge in [0, 0.05) is 52.0 Å². The van der Waals surface area contributed by atoms with E-state index in [1.54, 1.807) is 6.92 Å². The molecule has 136 valence electrons. The summed E-state index contributed by atoms with van der Waals surface area (Å²) < 4.78 is 0. The summed E-state index contributed by atoms with van der Waals surface area (Å²) in [4.78, 5) is 28.0. The minimum absolute atomic E-state index is 0.0417. The Bertz CT molecular complexity index is 636. The van der Waals surface area contributed by atoms with Crippen molar-refractivity contribution in [2.24, 2.45) is 5.92 Å². The van der Waals surface area contributed by atoms with Gasteiger partial charge >= 0.3 is 0 Å². The van der Waals surface area contributed by atoms with Crippen LogP contribution in [0.2, 0.25) is 0 Å². The van der Waals surface area contributed by atoms with Crippen molar-refractivity contribution in [3.63, 3.8) is 0 Å². The molecule has 2 aliphatic heterocycles. The zero-order chi connectivity index (χ0) is 18.0. The van der Waals surface area contributed by atoms with Gasteiger partial charge in [0.2, 0.25) is 11.8 Å². The number of piperidine rings is 1. The summed E-state index contributed by atoms with van der Waals surface area (Å²) in [6, 6.07) is 10.4. The van der Waals surface area contributed by atoms with Crippen LogP contribution in [0.25, 0.3) is 0 Å². The molecule has 2 fully saturated rings. The van der Waals surface area contributed by atoms with Gasteiger partial charge in [-0.2, -0.15) is 0 Å². The Hall–Kier alpha value is -1.92. The van der Waals surface area contributed by atoms with Gasteiger partial charge in [-0.25, -0.2) is 0 Å². The standard InChI is InChI=1S/C19H27N3O3/c1-14(24)20-19-12-21(15(2)25)9-8-17(19)18(22(13-19)10-11-23)16-6-4-3-5-7-16/h3-7,17-18,23H,8-13H2,1-2H3,(H,20,24)/t17-,18-,19-/m1/s1. The van der Waals surface area contributed by atoms with Gasteiger partial charge in [0.05, 0.1) is 12.1 Å². The van der Waals surface area contributed by atoms with Crippen LogP contribution in [0.4, 0.5) is 0 Å². The van der Waals surface area contributed by atoms with Crippen LogP contribution in [0.1, 0.15) is 31.9 Å². The molecule has 2 saturated heterocycles. The number of fused-ring (bicyclic) bond motifs is 1. The van der Waals surface area contributed by atoms with Gasteiger partial charge in [-0.3, -0.25) is 14.5 Å². The fraction of sp³-hybridized carbons (Fsp3) is 0.579. The number of amides is 2. The summed E-state index contributed by atoms with van der Waals surface area (Å²) in [6.07, 6.45) is 0.835. The van der Waals surface area contributed by atoms with Crippen LogP contribution < -0.4 is 5.32 Å². The molecule has 25 heavy (non-hydrogen) atoms. The topological polar surface area (TPSA) is 72.9 Å². The second kappa shape index (κ2) is 7.14. The van der Waals surface area contributed by atoms with E-state index in [1.807, 2.05) is 23.1 Å². The average Bonchev–Trinajstić information content (AvgIpc) is 2.87. The molecule has 0 radical (unpaired) electrons. The molecule has 1 aromatic carbocycles. The number of hydrogen-bond acceptors (Lipinski definition) is 4. The second-order valence-electron chi connectivity index (χ2n) is 7.22. The quantitative estimate of drug-likeness (QED) is 0.846. The lowest BCUT2D eigenvalue weighted by Gasteiger charge is -2.45. The predicted octanol–water partition coefficient (Wildman–Crippen LogP) is 0.779. The van der Waals surface area contributed by atoms with Gasteiger partial charge in [-0.05, 0) is 12.0 Å². The molecule has 6 heteroatoms. The van der Waals surface area contributed by atoms with Gasteiger partial charge in [0.1, 0.15) is 0 Å². The monoisotopic (exact) mass is 345 g/mol. The number of benzene rings is 1. The van der Waals surface area contributed by atoms with E-state index in [9.17, 15) is 14.7 Å². The third-order valence-corrected chi connectivity index (χ3v) is 5.55. The van der Waals surface area contributed by atoms with Gasteiger partial charge < -0.3 is 15.3 Å². The Morgan fingerprint density at radius 3 is 2.56 bits per heavy atom. The molecule has 2 N–H and O–H groups in total. The summed E-state index contributed by atoms with van der Waals surface area (Å²) >= 11 is 0. The normalized spacial score (nSPS) is 29.3. The molecular formula is C19H27N3O3. The van der Waals surface area contributed by atoms with Gasteiger partial charge in [-0.1, -0.05) is 30.3 Å². The van der Waals surface area contributed by atoms with E-state index in [-0.39, 0.29) is 30.4 Å². The smallest absolute Gasteiger partial charge is 0.219 e. The summed E-state index contributed by atoms with van der Waals surface area (Å²) in [5.74, 6) is 0.175. The number of likely N-dealkylation sites (tertiary alicyclic amines) is 2. The predicted molar refractivity (Wildman–Crippen MR) is 94.8 cm³/mol. The number of aliphatic hydroxyl groups excluding tert-OH is 1. The van der Waals surface area contributed by atoms with E-state index in [0.29, 0.717) is 26.2 Å². The number of hydrogen-bond donors (Lipinski definition) is 2. The lowest BCUT2D eigenvalue weighted by molar-refractivity contribution is -0.134. The third kappa shape index (κ3) is 3.41. The van der Waals surface area contributed by atoms with Crippen molar-refractivity contribution in [3.05, 3.63) is 35.9 Å². The van der Waals surface area contributed by atoms with Crippen molar-refractivity contribution in [3.8, 4) is 0 Å². The Balaban J connectivity index is 1.99. The SMILES string of the molecule is CC(=O)N[C@@]12CN(C(C)=O)CC[C@@H]1[C@@H](c1ccccc1)N(CCO)C2. The maximum Gasteiger partial charge on any atom is 0.219 e. The Morgan fingerprint density at radius 2 is 1.96 bits per heavy atom. The molecule has 0 saturated carbocycles. The third-order valence-electron chi connectivity index (χ3n) is 5.55. The van der Waals surface area contributed by atoms with Crippen molar-refractivity contribution >= 4 is 11.8 Å². The first-order valence-electron chi connectivity index (χ1n) is 8.91. The van der Waals surface area contributed by atoms with Crippen LogP contribution in [-0.2, 0) is 9.59 Å². The minimum Gasteiger partial charge on any atom is -0.395 e. The molecule has 0 unspecified atom stereocenters. The fourth-order valence-corrected chi connectivity index (χ4v) is 4.68. The van der Waals surface area contributed by atoms with Crippen molar-refractivity contribution in [1.29, 1.82) is 0 Å². The number of nitrogens with zero attached hydrogens (tertiary/aromatic N) is 2. The number of carbonyl (C=O) groups excluding carboxylic acids is 2. The van der Waals surface area contributed by atoms with Crippen LogP contribution in [0, 0.1) is 5.92 Å². The van der Waals surface area contributed by atoms with Crippen LogP contribution in [0.5, 0.6) is 0 Å². The lowest BCUT2D eigenvalue weighted by Crippen LogP contribution is -2.64. The summed E-state index contributed by atoms with van der Waals surface area (Å²) in [7, 11) is 0. The van der Waals surface area contributed by atoms with Crippen molar-refractivity contribution in [1.82, 2.24) is 15.1 Å². The van der Waals surface area contributed by atoms with Crippen LogP contribution in [-0.4, -0.2) is 65.0 Å². The van der Waals surface area contributed by atoms with Gasteiger partial charge in [0.15, 0.2) is 0 Å². The number of aliphatic hydroxyl groups is 1. The second-order valence-corrected chi connectivity index (χ2v) is 7.22. The zero-order valence-electron chi connectivity index (χ0n) is 14.9. The van der Waals surface area contributed by atoms with Crippen LogP contribution in [0.15, 0.2) is 30.3 Å². The van der Waals surface area contributed by atoms with E-state index >= 15 is 0 Å². The highest BCUT2D eigenvalue weighted by molar-refractivity contribution is 5.76. The first-order chi connectivity index (χ1) is 12.0. The zero-order valence-corrected chi connectivity index (χ0v) is 14.9. The number of rotatable bonds is 4. The molecule has 0 spiro atoms. The van der Waals surface area contributed by atoms with E-state index < -0.39 is 5.54 Å². The number of nitrogens with one attached hydrogen (secondary N) is 1. The molecule has 0 bridgehead atoms. The van der Waals surface area contributed by atoms with Gasteiger partial charge in [-0.15, -0.1) is 0 Å². The number of β-amino-alcohol motifs (C(OH)–C–C–N with tert-alkyl or cyclic N) is 1. The first-order valence-corrected chi connectivity index (χ1v) is 8.91. The van der Waals surface area contributed by atoms with Crippen LogP contribution in [0.3, 0.4) is 0 Å². The van der Waals surface area contributed by atoms with E-state index in [1.165, 1.54) is 12.5 Å². The maximum absolute atomic E-state index is 12.0. The molecule has 2 amide bonds. The average molecular weight is 345 g/mol. The van der Waals surface area contributed by atoms with Crippen LogP contribution >= 0.6 is 0 Å². The van der Waals surface area contributed by atoms with E-state index in [2.05, 4.69) is 22.3 Å². The van der Waals surface area contributed by atoms with Gasteiger partial charge in [0.25, 0.3) is 0 Å². The Labute approximate surface area is 148 Å². The molecule has 2 aliphatic rings. The maximum atomic E-state index is 12.0. The molecule has 1 aromatic rings. The van der Waals surface area contributed by atoms with Crippen molar-refractivity contribution in [2.75, 3.05) is 32.8 Å². The van der Waals surface area contributed by atoms with E-state index in [4.69, 9.17) is 0 Å². The Morgan fingerprint density at radius 1 is 1.24 bits per heavy atom. The Kier molecular flexibility index (Phi) is 5.11. The molecule has 2 heterocycles. The molecule has 3 atom stereocenters. The van der Waals surface area contributed by atoms with E-state index in [0.717, 1.165) is 6.42 Å². The van der Waals surface area contributed by atoms with Crippen molar-refractivity contribution in [2.45, 2.75) is 31.8 Å². The highest BCUT2D eigenvalue weighted by Gasteiger charge is 2.55. The highest BCUT2D eigenvalue weighted by Crippen LogP contribution is 2.47. The molecule has 0 aromatic heterocycles. The minimum atomic E-state index is -0.467. The summed E-state index contributed by atoms with van der Waals surface area (Å²) in [6.45, 7) is 5.61. The number of carbonyl (C=O) groups is 2.